The van der Waals surface area contributed by atoms with E-state index in [1.54, 1.807) is 6.08 Å². The molecule has 0 aromatic rings. The minimum atomic E-state index is 0.682. The first-order chi connectivity index (χ1) is 5.31. The van der Waals surface area contributed by atoms with Crippen molar-refractivity contribution in [1.82, 2.24) is 0 Å². The molecule has 1 heteroatoms. The van der Waals surface area contributed by atoms with Crippen LogP contribution in [0, 0.1) is 0 Å². The Labute approximate surface area is 69.8 Å². The van der Waals surface area contributed by atoms with Crippen molar-refractivity contribution < 1.29 is 4.74 Å². The Bertz CT molecular complexity index is 116. The fourth-order valence-corrected chi connectivity index (χ4v) is 0.791. The summed E-state index contributed by atoms with van der Waals surface area (Å²) in [6.07, 6.45) is 6.58. The largest absolute Gasteiger partial charge is 0.494 e. The maximum absolute atomic E-state index is 5.23. The van der Waals surface area contributed by atoms with Crippen molar-refractivity contribution >= 4 is 0 Å². The van der Waals surface area contributed by atoms with Crippen molar-refractivity contribution in [2.45, 2.75) is 32.6 Å². The van der Waals surface area contributed by atoms with Gasteiger partial charge in [0.15, 0.2) is 0 Å². The fourth-order valence-electron chi connectivity index (χ4n) is 0.791. The van der Waals surface area contributed by atoms with Crippen LogP contribution in [-0.2, 0) is 4.74 Å². The lowest BCUT2D eigenvalue weighted by molar-refractivity contribution is 0.218. The Kier molecular flexibility index (Phi) is 6.90. The van der Waals surface area contributed by atoms with Gasteiger partial charge in [-0.05, 0) is 12.5 Å². The summed E-state index contributed by atoms with van der Waals surface area (Å²) in [4.78, 5) is 0. The summed E-state index contributed by atoms with van der Waals surface area (Å²) < 4.78 is 5.23. The number of allylic oxidation sites excluding steroid dienone is 1. The maximum atomic E-state index is 5.23. The molecule has 1 nitrogen and oxygen atoms in total. The van der Waals surface area contributed by atoms with Crippen molar-refractivity contribution in [2.75, 3.05) is 6.61 Å². The van der Waals surface area contributed by atoms with E-state index < -0.39 is 0 Å². The molecule has 0 N–H and O–H groups in total. The molecule has 0 saturated heterocycles. The van der Waals surface area contributed by atoms with Gasteiger partial charge in [0.05, 0.1) is 6.61 Å². The van der Waals surface area contributed by atoms with Gasteiger partial charge in [-0.2, -0.15) is 0 Å². The zero-order valence-corrected chi connectivity index (χ0v) is 7.44. The Hall–Kier alpha value is -0.720. The molecule has 0 saturated carbocycles. The molecule has 0 aromatic carbocycles. The standard InChI is InChI=1S/C10H18O/c1-4-6-7-8-9-11-10(3)5-2/h5H,2-4,6-9H2,1H3. The third-order valence-corrected chi connectivity index (χ3v) is 1.51. The molecule has 64 valence electrons. The summed E-state index contributed by atoms with van der Waals surface area (Å²) in [5, 5.41) is 0. The summed E-state index contributed by atoms with van der Waals surface area (Å²) >= 11 is 0. The van der Waals surface area contributed by atoms with Crippen LogP contribution in [0.2, 0.25) is 0 Å². The van der Waals surface area contributed by atoms with Crippen LogP contribution in [0.5, 0.6) is 0 Å². The lowest BCUT2D eigenvalue weighted by Gasteiger charge is -2.03. The van der Waals surface area contributed by atoms with Gasteiger partial charge in [-0.15, -0.1) is 0 Å². The number of unbranched alkanes of at least 4 members (excludes halogenated alkanes) is 3. The monoisotopic (exact) mass is 154 g/mol. The molecule has 0 unspecified atom stereocenters. The summed E-state index contributed by atoms with van der Waals surface area (Å²) in [5.41, 5.74) is 0. The predicted molar refractivity (Wildman–Crippen MR) is 49.4 cm³/mol. The summed E-state index contributed by atoms with van der Waals surface area (Å²) in [7, 11) is 0. The first kappa shape index (κ1) is 10.3. The van der Waals surface area contributed by atoms with Crippen molar-refractivity contribution in [1.29, 1.82) is 0 Å². The third kappa shape index (κ3) is 7.17. The number of ether oxygens (including phenoxy) is 1. The van der Waals surface area contributed by atoms with E-state index in [1.165, 1.54) is 19.3 Å². The average molecular weight is 154 g/mol. The molecule has 11 heavy (non-hydrogen) atoms. The highest BCUT2D eigenvalue weighted by Gasteiger charge is 1.88. The summed E-state index contributed by atoms with van der Waals surface area (Å²) in [6, 6.07) is 0. The van der Waals surface area contributed by atoms with Crippen LogP contribution < -0.4 is 0 Å². The van der Waals surface area contributed by atoms with Crippen LogP contribution in [0.15, 0.2) is 25.0 Å². The molecular formula is C10H18O. The van der Waals surface area contributed by atoms with Gasteiger partial charge in [0.25, 0.3) is 0 Å². The SMILES string of the molecule is C=CC(=C)OCCCCCC. The van der Waals surface area contributed by atoms with E-state index in [0.717, 1.165) is 13.0 Å². The highest BCUT2D eigenvalue weighted by molar-refractivity contribution is 5.01. The van der Waals surface area contributed by atoms with E-state index in [-0.39, 0.29) is 0 Å². The first-order valence-electron chi connectivity index (χ1n) is 4.25. The van der Waals surface area contributed by atoms with E-state index in [0.29, 0.717) is 5.76 Å². The van der Waals surface area contributed by atoms with Crippen molar-refractivity contribution in [2.24, 2.45) is 0 Å². The molecule has 0 heterocycles. The average Bonchev–Trinajstić information content (AvgIpc) is 2.04. The normalized spacial score (nSPS) is 9.18. The Morgan fingerprint density at radius 1 is 1.36 bits per heavy atom. The molecule has 0 spiro atoms. The van der Waals surface area contributed by atoms with Crippen LogP contribution in [0.1, 0.15) is 32.6 Å². The predicted octanol–water partition coefficient (Wildman–Crippen LogP) is 3.28. The minimum absolute atomic E-state index is 0.682. The molecule has 0 aliphatic heterocycles. The van der Waals surface area contributed by atoms with Gasteiger partial charge in [0, 0.05) is 0 Å². The molecule has 0 aromatic heterocycles. The number of rotatable bonds is 7. The summed E-state index contributed by atoms with van der Waals surface area (Å²) in [6.45, 7) is 10.2. The smallest absolute Gasteiger partial charge is 0.111 e. The van der Waals surface area contributed by atoms with Gasteiger partial charge >= 0.3 is 0 Å². The Morgan fingerprint density at radius 3 is 2.64 bits per heavy atom. The van der Waals surface area contributed by atoms with Gasteiger partial charge in [-0.3, -0.25) is 0 Å². The quantitative estimate of drug-likeness (QED) is 0.310. The van der Waals surface area contributed by atoms with Gasteiger partial charge in [0.2, 0.25) is 0 Å². The van der Waals surface area contributed by atoms with Gasteiger partial charge in [-0.25, -0.2) is 0 Å². The van der Waals surface area contributed by atoms with E-state index in [4.69, 9.17) is 4.74 Å². The molecule has 0 aliphatic rings. The molecule has 0 aliphatic carbocycles. The molecule has 0 radical (unpaired) electrons. The number of hydrogen-bond acceptors (Lipinski definition) is 1. The zero-order chi connectivity index (χ0) is 8.53. The molecular weight excluding hydrogens is 136 g/mol. The maximum Gasteiger partial charge on any atom is 0.111 e. The van der Waals surface area contributed by atoms with Crippen molar-refractivity contribution in [3.05, 3.63) is 25.0 Å². The van der Waals surface area contributed by atoms with Crippen LogP contribution >= 0.6 is 0 Å². The van der Waals surface area contributed by atoms with Crippen molar-refractivity contribution in [3.8, 4) is 0 Å². The van der Waals surface area contributed by atoms with Crippen molar-refractivity contribution in [3.63, 3.8) is 0 Å². The van der Waals surface area contributed by atoms with Crippen LogP contribution in [0.25, 0.3) is 0 Å². The van der Waals surface area contributed by atoms with Crippen LogP contribution in [0.3, 0.4) is 0 Å². The minimum Gasteiger partial charge on any atom is -0.494 e. The van der Waals surface area contributed by atoms with E-state index in [9.17, 15) is 0 Å². The molecule has 0 bridgehead atoms. The second-order valence-electron chi connectivity index (χ2n) is 2.58. The topological polar surface area (TPSA) is 9.23 Å². The zero-order valence-electron chi connectivity index (χ0n) is 7.44. The Balaban J connectivity index is 3.01. The van der Waals surface area contributed by atoms with Crippen LogP contribution in [0.4, 0.5) is 0 Å². The second-order valence-corrected chi connectivity index (χ2v) is 2.58. The molecule has 0 amide bonds. The second kappa shape index (κ2) is 7.39. The van der Waals surface area contributed by atoms with E-state index in [1.807, 2.05) is 0 Å². The lowest BCUT2D eigenvalue weighted by Crippen LogP contribution is -1.91. The van der Waals surface area contributed by atoms with Gasteiger partial charge < -0.3 is 4.74 Å². The third-order valence-electron chi connectivity index (χ3n) is 1.51. The fraction of sp³-hybridized carbons (Fsp3) is 0.600. The molecule has 0 rings (SSSR count). The molecule has 0 atom stereocenters. The summed E-state index contributed by atoms with van der Waals surface area (Å²) in [5.74, 6) is 0.682. The van der Waals surface area contributed by atoms with E-state index in [2.05, 4.69) is 20.1 Å². The lowest BCUT2D eigenvalue weighted by atomic mass is 10.2. The molecule has 0 fully saturated rings. The van der Waals surface area contributed by atoms with Gasteiger partial charge in [-0.1, -0.05) is 39.3 Å². The van der Waals surface area contributed by atoms with Gasteiger partial charge in [0.1, 0.15) is 5.76 Å². The number of hydrogen-bond donors (Lipinski definition) is 0. The highest BCUT2D eigenvalue weighted by Crippen LogP contribution is 2.01. The van der Waals surface area contributed by atoms with Crippen LogP contribution in [-0.4, -0.2) is 6.61 Å². The first-order valence-corrected chi connectivity index (χ1v) is 4.25. The Morgan fingerprint density at radius 2 is 2.09 bits per heavy atom. The van der Waals surface area contributed by atoms with E-state index >= 15 is 0 Å². The highest BCUT2D eigenvalue weighted by atomic mass is 16.5.